The van der Waals surface area contributed by atoms with E-state index in [9.17, 15) is 4.79 Å². The molecule has 0 radical (unpaired) electrons. The molecule has 1 aliphatic rings. The molecular formula is C8H13N5OS. The minimum absolute atomic E-state index is 0.0348. The molecule has 0 bridgehead atoms. The SMILES string of the molecule is Nc1ncn(CC(=O)NC2CCSC2)n1. The number of nitrogens with two attached hydrogens (primary N) is 1. The average Bonchev–Trinajstić information content (AvgIpc) is 2.77. The largest absolute Gasteiger partial charge is 0.367 e. The second kappa shape index (κ2) is 4.52. The first-order valence-electron chi connectivity index (χ1n) is 4.76. The number of anilines is 1. The Bertz CT molecular complexity index is 347. The summed E-state index contributed by atoms with van der Waals surface area (Å²) in [6, 6.07) is 0.309. The predicted molar refractivity (Wildman–Crippen MR) is 58.3 cm³/mol. The Kier molecular flexibility index (Phi) is 3.10. The maximum atomic E-state index is 11.5. The summed E-state index contributed by atoms with van der Waals surface area (Å²) < 4.78 is 1.44. The van der Waals surface area contributed by atoms with E-state index >= 15 is 0 Å². The number of rotatable bonds is 3. The standard InChI is InChI=1S/C8H13N5OS/c9-8-10-5-13(12-8)3-7(14)11-6-1-2-15-4-6/h5-6H,1-4H2,(H2,9,12)(H,11,14). The van der Waals surface area contributed by atoms with E-state index in [1.54, 1.807) is 0 Å². The quantitative estimate of drug-likeness (QED) is 0.726. The molecule has 1 atom stereocenters. The lowest BCUT2D eigenvalue weighted by Gasteiger charge is -2.10. The van der Waals surface area contributed by atoms with Crippen LogP contribution in [0.25, 0.3) is 0 Å². The van der Waals surface area contributed by atoms with Crippen LogP contribution in [0.3, 0.4) is 0 Å². The van der Waals surface area contributed by atoms with E-state index in [0.717, 1.165) is 17.9 Å². The highest BCUT2D eigenvalue weighted by Crippen LogP contribution is 2.16. The highest BCUT2D eigenvalue weighted by atomic mass is 32.2. The van der Waals surface area contributed by atoms with Gasteiger partial charge in [-0.2, -0.15) is 11.8 Å². The molecule has 3 N–H and O–H groups in total. The van der Waals surface area contributed by atoms with Gasteiger partial charge < -0.3 is 11.1 Å². The Morgan fingerprint density at radius 2 is 2.67 bits per heavy atom. The van der Waals surface area contributed by atoms with Gasteiger partial charge in [-0.15, -0.1) is 5.10 Å². The van der Waals surface area contributed by atoms with Crippen LogP contribution in [0.2, 0.25) is 0 Å². The van der Waals surface area contributed by atoms with Crippen molar-refractivity contribution in [2.45, 2.75) is 19.0 Å². The molecule has 0 aromatic carbocycles. The Labute approximate surface area is 91.6 Å². The number of carbonyl (C=O) groups excluding carboxylic acids is 1. The fraction of sp³-hybridized carbons (Fsp3) is 0.625. The third-order valence-electron chi connectivity index (χ3n) is 2.15. The first-order chi connectivity index (χ1) is 7.24. The van der Waals surface area contributed by atoms with Crippen LogP contribution in [0.15, 0.2) is 6.33 Å². The summed E-state index contributed by atoms with van der Waals surface area (Å²) in [4.78, 5) is 15.3. The normalized spacial score (nSPS) is 20.4. The summed E-state index contributed by atoms with van der Waals surface area (Å²) in [5.41, 5.74) is 5.34. The monoisotopic (exact) mass is 227 g/mol. The lowest BCUT2D eigenvalue weighted by atomic mass is 10.2. The first-order valence-corrected chi connectivity index (χ1v) is 5.91. The molecule has 82 valence electrons. The van der Waals surface area contributed by atoms with E-state index in [4.69, 9.17) is 5.73 Å². The van der Waals surface area contributed by atoms with Gasteiger partial charge in [0.15, 0.2) is 0 Å². The van der Waals surface area contributed by atoms with Crippen LogP contribution >= 0.6 is 11.8 Å². The van der Waals surface area contributed by atoms with Gasteiger partial charge >= 0.3 is 0 Å². The van der Waals surface area contributed by atoms with Gasteiger partial charge in [0.2, 0.25) is 11.9 Å². The van der Waals surface area contributed by atoms with Gasteiger partial charge in [0.05, 0.1) is 0 Å². The zero-order valence-corrected chi connectivity index (χ0v) is 9.04. The minimum atomic E-state index is -0.0348. The highest BCUT2D eigenvalue weighted by molar-refractivity contribution is 7.99. The Morgan fingerprint density at radius 1 is 1.80 bits per heavy atom. The smallest absolute Gasteiger partial charge is 0.242 e. The van der Waals surface area contributed by atoms with Gasteiger partial charge in [-0.25, -0.2) is 9.67 Å². The summed E-state index contributed by atoms with van der Waals surface area (Å²) >= 11 is 1.87. The molecule has 7 heteroatoms. The summed E-state index contributed by atoms with van der Waals surface area (Å²) in [6.45, 7) is 0.186. The van der Waals surface area contributed by atoms with E-state index in [2.05, 4.69) is 15.4 Å². The Balaban J connectivity index is 1.81. The summed E-state index contributed by atoms with van der Waals surface area (Å²) in [7, 11) is 0. The Morgan fingerprint density at radius 3 is 3.27 bits per heavy atom. The third kappa shape index (κ3) is 2.85. The molecule has 1 fully saturated rings. The molecule has 0 spiro atoms. The van der Waals surface area contributed by atoms with Crippen molar-refractivity contribution < 1.29 is 4.79 Å². The van der Waals surface area contributed by atoms with Crippen LogP contribution in [0.5, 0.6) is 0 Å². The van der Waals surface area contributed by atoms with Gasteiger partial charge in [-0.05, 0) is 12.2 Å². The van der Waals surface area contributed by atoms with Crippen LogP contribution in [-0.2, 0) is 11.3 Å². The first kappa shape index (κ1) is 10.3. The predicted octanol–water partition coefficient (Wildman–Crippen LogP) is -0.518. The minimum Gasteiger partial charge on any atom is -0.367 e. The number of aromatic nitrogens is 3. The van der Waals surface area contributed by atoms with Crippen LogP contribution in [0, 0.1) is 0 Å². The molecule has 1 unspecified atom stereocenters. The molecule has 0 saturated carbocycles. The van der Waals surface area contributed by atoms with E-state index in [1.165, 1.54) is 11.0 Å². The number of thioether (sulfide) groups is 1. The lowest BCUT2D eigenvalue weighted by molar-refractivity contribution is -0.122. The van der Waals surface area contributed by atoms with Crippen molar-refractivity contribution in [1.29, 1.82) is 0 Å². The molecule has 1 aromatic rings. The molecule has 0 aliphatic carbocycles. The van der Waals surface area contributed by atoms with Crippen molar-refractivity contribution in [3.8, 4) is 0 Å². The summed E-state index contributed by atoms with van der Waals surface area (Å²) in [6.07, 6.45) is 2.51. The maximum absolute atomic E-state index is 11.5. The Hall–Kier alpha value is -1.24. The zero-order valence-electron chi connectivity index (χ0n) is 8.22. The molecule has 2 heterocycles. The molecule has 1 aliphatic heterocycles. The van der Waals surface area contributed by atoms with Gasteiger partial charge in [0.25, 0.3) is 0 Å². The fourth-order valence-electron chi connectivity index (χ4n) is 1.45. The van der Waals surface area contributed by atoms with Crippen LogP contribution in [-0.4, -0.2) is 38.2 Å². The number of carbonyl (C=O) groups is 1. The molecule has 2 rings (SSSR count). The van der Waals surface area contributed by atoms with Crippen molar-refractivity contribution in [3.63, 3.8) is 0 Å². The molecule has 1 saturated heterocycles. The number of amides is 1. The lowest BCUT2D eigenvalue weighted by Crippen LogP contribution is -2.37. The van der Waals surface area contributed by atoms with Gasteiger partial charge in [0, 0.05) is 11.8 Å². The fourth-order valence-corrected chi connectivity index (χ4v) is 2.61. The third-order valence-corrected chi connectivity index (χ3v) is 3.32. The van der Waals surface area contributed by atoms with Crippen LogP contribution < -0.4 is 11.1 Å². The average molecular weight is 227 g/mol. The second-order valence-corrected chi connectivity index (χ2v) is 4.58. The van der Waals surface area contributed by atoms with Crippen molar-refractivity contribution in [3.05, 3.63) is 6.33 Å². The number of nitrogens with zero attached hydrogens (tertiary/aromatic N) is 3. The molecule has 1 aromatic heterocycles. The topological polar surface area (TPSA) is 85.8 Å². The number of hydrogen-bond acceptors (Lipinski definition) is 5. The van der Waals surface area contributed by atoms with Crippen molar-refractivity contribution in [2.24, 2.45) is 0 Å². The maximum Gasteiger partial charge on any atom is 0.242 e. The summed E-state index contributed by atoms with van der Waals surface area (Å²) in [5, 5.41) is 6.79. The van der Waals surface area contributed by atoms with E-state index in [0.29, 0.717) is 6.04 Å². The summed E-state index contributed by atoms with van der Waals surface area (Å²) in [5.74, 6) is 2.29. The van der Waals surface area contributed by atoms with E-state index in [1.807, 2.05) is 11.8 Å². The number of nitrogens with one attached hydrogen (secondary N) is 1. The van der Waals surface area contributed by atoms with Crippen molar-refractivity contribution in [2.75, 3.05) is 17.2 Å². The van der Waals surface area contributed by atoms with Crippen molar-refractivity contribution in [1.82, 2.24) is 20.1 Å². The molecule has 6 nitrogen and oxygen atoms in total. The van der Waals surface area contributed by atoms with Gasteiger partial charge in [-0.3, -0.25) is 4.79 Å². The molecular weight excluding hydrogens is 214 g/mol. The van der Waals surface area contributed by atoms with E-state index in [-0.39, 0.29) is 18.4 Å². The number of nitrogen functional groups attached to an aromatic ring is 1. The van der Waals surface area contributed by atoms with Crippen LogP contribution in [0.1, 0.15) is 6.42 Å². The van der Waals surface area contributed by atoms with Gasteiger partial charge in [-0.1, -0.05) is 0 Å². The van der Waals surface area contributed by atoms with Crippen molar-refractivity contribution >= 4 is 23.6 Å². The van der Waals surface area contributed by atoms with Gasteiger partial charge in [0.1, 0.15) is 12.9 Å². The van der Waals surface area contributed by atoms with E-state index < -0.39 is 0 Å². The zero-order chi connectivity index (χ0) is 10.7. The molecule has 1 amide bonds. The number of hydrogen-bond donors (Lipinski definition) is 2. The second-order valence-electron chi connectivity index (χ2n) is 3.43. The molecule has 15 heavy (non-hydrogen) atoms. The van der Waals surface area contributed by atoms with Crippen LogP contribution in [0.4, 0.5) is 5.95 Å². The highest BCUT2D eigenvalue weighted by Gasteiger charge is 2.17.